The normalized spacial score (nSPS) is 9.96. The lowest BCUT2D eigenvalue weighted by Gasteiger charge is -1.99. The minimum atomic E-state index is -0.199. The third kappa shape index (κ3) is 3.60. The van der Waals surface area contributed by atoms with Crippen LogP contribution in [-0.2, 0) is 0 Å². The van der Waals surface area contributed by atoms with E-state index in [2.05, 4.69) is 23.7 Å². The van der Waals surface area contributed by atoms with Crippen LogP contribution in [0.15, 0.2) is 79.0 Å². The Hall–Kier alpha value is -3.79. The van der Waals surface area contributed by atoms with Gasteiger partial charge in [0.05, 0.1) is 0 Å². The van der Waals surface area contributed by atoms with Gasteiger partial charge in [0.15, 0.2) is 0 Å². The number of pyridine rings is 1. The number of hydrogen-bond acceptors (Lipinski definition) is 2. The molecule has 128 valence electrons. The molecule has 3 heteroatoms. The van der Waals surface area contributed by atoms with Crippen molar-refractivity contribution in [1.82, 2.24) is 9.38 Å². The Morgan fingerprint density at radius 3 is 2.22 bits per heavy atom. The molecule has 0 aliphatic carbocycles. The van der Waals surface area contributed by atoms with Gasteiger partial charge in [-0.25, -0.2) is 4.98 Å². The van der Waals surface area contributed by atoms with Crippen LogP contribution in [-0.4, -0.2) is 21.1 Å². The van der Waals surface area contributed by atoms with Gasteiger partial charge in [-0.2, -0.15) is 0 Å². The van der Waals surface area contributed by atoms with E-state index in [0.717, 1.165) is 33.7 Å². The SMILES string of the molecule is OCC#Cc1c(-c2ccccc2)nc2ccc(C#Cc3ccccc3)cn12. The van der Waals surface area contributed by atoms with Crippen LogP contribution < -0.4 is 0 Å². The number of aromatic nitrogens is 2. The third-order valence-corrected chi connectivity index (χ3v) is 4.08. The maximum atomic E-state index is 9.14. The topological polar surface area (TPSA) is 37.5 Å². The lowest BCUT2D eigenvalue weighted by atomic mass is 10.1. The van der Waals surface area contributed by atoms with Gasteiger partial charge < -0.3 is 5.11 Å². The number of benzene rings is 2. The first-order valence-corrected chi connectivity index (χ1v) is 8.59. The van der Waals surface area contributed by atoms with Gasteiger partial charge in [0.1, 0.15) is 23.6 Å². The predicted octanol–water partition coefficient (Wildman–Crippen LogP) is 3.74. The van der Waals surface area contributed by atoms with Crippen molar-refractivity contribution in [1.29, 1.82) is 0 Å². The Bertz CT molecular complexity index is 1200. The molecule has 27 heavy (non-hydrogen) atoms. The number of fused-ring (bicyclic) bond motifs is 1. The molecule has 0 saturated carbocycles. The fraction of sp³-hybridized carbons (Fsp3) is 0.0417. The highest BCUT2D eigenvalue weighted by molar-refractivity contribution is 5.70. The second-order valence-corrected chi connectivity index (χ2v) is 5.90. The van der Waals surface area contributed by atoms with Crippen LogP contribution in [0, 0.1) is 23.7 Å². The van der Waals surface area contributed by atoms with E-state index >= 15 is 0 Å². The number of aliphatic hydroxyl groups excluding tert-OH is 1. The van der Waals surface area contributed by atoms with Crippen LogP contribution in [0.4, 0.5) is 0 Å². The van der Waals surface area contributed by atoms with Crippen LogP contribution in [0.5, 0.6) is 0 Å². The summed E-state index contributed by atoms with van der Waals surface area (Å²) in [6.45, 7) is -0.199. The van der Waals surface area contributed by atoms with Crippen molar-refractivity contribution in [2.24, 2.45) is 0 Å². The average molecular weight is 348 g/mol. The van der Waals surface area contributed by atoms with Gasteiger partial charge in [0.25, 0.3) is 0 Å². The van der Waals surface area contributed by atoms with Crippen molar-refractivity contribution in [2.75, 3.05) is 6.61 Å². The molecule has 1 N–H and O–H groups in total. The largest absolute Gasteiger partial charge is 0.384 e. The van der Waals surface area contributed by atoms with Gasteiger partial charge >= 0.3 is 0 Å². The summed E-state index contributed by atoms with van der Waals surface area (Å²) in [6, 6.07) is 23.7. The number of hydrogen-bond donors (Lipinski definition) is 1. The lowest BCUT2D eigenvalue weighted by Crippen LogP contribution is -1.91. The van der Waals surface area contributed by atoms with E-state index in [4.69, 9.17) is 10.1 Å². The van der Waals surface area contributed by atoms with Crippen molar-refractivity contribution in [3.8, 4) is 34.9 Å². The first kappa shape index (κ1) is 16.7. The van der Waals surface area contributed by atoms with E-state index in [9.17, 15) is 0 Å². The van der Waals surface area contributed by atoms with Crippen molar-refractivity contribution >= 4 is 5.65 Å². The maximum Gasteiger partial charge on any atom is 0.138 e. The lowest BCUT2D eigenvalue weighted by molar-refractivity contribution is 0.350. The number of aliphatic hydroxyl groups is 1. The van der Waals surface area contributed by atoms with Gasteiger partial charge in [0.2, 0.25) is 0 Å². The molecule has 4 rings (SSSR count). The Kier molecular flexibility index (Phi) is 4.70. The van der Waals surface area contributed by atoms with Gasteiger partial charge in [-0.05, 0) is 30.2 Å². The quantitative estimate of drug-likeness (QED) is 0.532. The predicted molar refractivity (Wildman–Crippen MR) is 107 cm³/mol. The van der Waals surface area contributed by atoms with E-state index in [1.807, 2.05) is 83.4 Å². The molecule has 0 bridgehead atoms. The standard InChI is InChI=1S/C24H16N2O/c27-17-7-12-22-24(21-10-5-2-6-11-21)25-23-16-15-20(18-26(22)23)14-13-19-8-3-1-4-9-19/h1-6,8-11,15-16,18,27H,17H2. The van der Waals surface area contributed by atoms with E-state index < -0.39 is 0 Å². The Labute approximate surface area is 158 Å². The number of rotatable bonds is 1. The van der Waals surface area contributed by atoms with Gasteiger partial charge in [-0.15, -0.1) is 0 Å². The highest BCUT2D eigenvalue weighted by Crippen LogP contribution is 2.24. The van der Waals surface area contributed by atoms with Gasteiger partial charge in [0, 0.05) is 22.9 Å². The van der Waals surface area contributed by atoms with Gasteiger partial charge in [-0.3, -0.25) is 4.40 Å². The molecule has 0 aliphatic heterocycles. The minimum absolute atomic E-state index is 0.199. The molecule has 2 aromatic heterocycles. The number of imidazole rings is 1. The Balaban J connectivity index is 1.84. The van der Waals surface area contributed by atoms with E-state index in [-0.39, 0.29) is 6.61 Å². The molecule has 0 radical (unpaired) electrons. The summed E-state index contributed by atoms with van der Waals surface area (Å²) in [7, 11) is 0. The monoisotopic (exact) mass is 348 g/mol. The van der Waals surface area contributed by atoms with E-state index in [1.54, 1.807) is 0 Å². The molecule has 0 aliphatic rings. The second kappa shape index (κ2) is 7.62. The van der Waals surface area contributed by atoms with Crippen LogP contribution in [0.2, 0.25) is 0 Å². The zero-order valence-corrected chi connectivity index (χ0v) is 14.6. The molecule has 0 amide bonds. The molecule has 2 aromatic carbocycles. The number of nitrogens with zero attached hydrogens (tertiary/aromatic N) is 2. The molecule has 0 atom stereocenters. The third-order valence-electron chi connectivity index (χ3n) is 4.08. The summed E-state index contributed by atoms with van der Waals surface area (Å²) in [4.78, 5) is 4.73. The fourth-order valence-corrected chi connectivity index (χ4v) is 2.82. The zero-order valence-electron chi connectivity index (χ0n) is 14.6. The molecule has 0 fully saturated rings. The highest BCUT2D eigenvalue weighted by Gasteiger charge is 2.12. The molecule has 2 heterocycles. The van der Waals surface area contributed by atoms with Crippen molar-refractivity contribution in [3.05, 3.63) is 95.8 Å². The second-order valence-electron chi connectivity index (χ2n) is 5.90. The summed E-state index contributed by atoms with van der Waals surface area (Å²) >= 11 is 0. The van der Waals surface area contributed by atoms with Crippen LogP contribution in [0.3, 0.4) is 0 Å². The van der Waals surface area contributed by atoms with Crippen LogP contribution in [0.25, 0.3) is 16.9 Å². The van der Waals surface area contributed by atoms with Crippen molar-refractivity contribution in [3.63, 3.8) is 0 Å². The minimum Gasteiger partial charge on any atom is -0.384 e. The van der Waals surface area contributed by atoms with Gasteiger partial charge in [-0.1, -0.05) is 66.3 Å². The van der Waals surface area contributed by atoms with Crippen LogP contribution >= 0.6 is 0 Å². The molecular weight excluding hydrogens is 332 g/mol. The average Bonchev–Trinajstić information content (AvgIpc) is 3.10. The molecule has 4 aromatic rings. The molecule has 0 spiro atoms. The first-order chi connectivity index (χ1) is 13.3. The molecule has 0 saturated heterocycles. The summed E-state index contributed by atoms with van der Waals surface area (Å²) in [6.07, 6.45) is 1.94. The Morgan fingerprint density at radius 1 is 0.778 bits per heavy atom. The summed E-state index contributed by atoms with van der Waals surface area (Å²) in [5.41, 5.74) is 5.16. The summed E-state index contributed by atoms with van der Waals surface area (Å²) in [5, 5.41) is 9.14. The molecule has 3 nitrogen and oxygen atoms in total. The van der Waals surface area contributed by atoms with Crippen LogP contribution in [0.1, 0.15) is 16.8 Å². The smallest absolute Gasteiger partial charge is 0.138 e. The fourth-order valence-electron chi connectivity index (χ4n) is 2.82. The molecule has 0 unspecified atom stereocenters. The Morgan fingerprint density at radius 2 is 1.48 bits per heavy atom. The molecular formula is C24H16N2O. The van der Waals surface area contributed by atoms with E-state index in [0.29, 0.717) is 0 Å². The zero-order chi connectivity index (χ0) is 18.5. The summed E-state index contributed by atoms with van der Waals surface area (Å²) < 4.78 is 1.93. The first-order valence-electron chi connectivity index (χ1n) is 8.59. The van der Waals surface area contributed by atoms with E-state index in [1.165, 1.54) is 0 Å². The van der Waals surface area contributed by atoms with Crippen molar-refractivity contribution in [2.45, 2.75) is 0 Å². The summed E-state index contributed by atoms with van der Waals surface area (Å²) in [5.74, 6) is 12.1. The highest BCUT2D eigenvalue weighted by atomic mass is 16.2. The van der Waals surface area contributed by atoms with Crippen molar-refractivity contribution < 1.29 is 5.11 Å². The maximum absolute atomic E-state index is 9.14.